The van der Waals surface area contributed by atoms with Crippen molar-refractivity contribution in [2.24, 2.45) is 0 Å². The summed E-state index contributed by atoms with van der Waals surface area (Å²) in [5, 5.41) is 5.56. The lowest BCUT2D eigenvalue weighted by Gasteiger charge is -2.13. The van der Waals surface area contributed by atoms with Gasteiger partial charge in [0.25, 0.3) is 0 Å². The molecule has 2 aromatic rings. The molecule has 1 N–H and O–H groups in total. The van der Waals surface area contributed by atoms with Crippen LogP contribution < -0.4 is 5.32 Å². The van der Waals surface area contributed by atoms with E-state index in [1.165, 1.54) is 17.5 Å². The molecule has 0 aliphatic rings. The smallest absolute Gasteiger partial charge is 0.369 e. The molecule has 0 saturated heterocycles. The van der Waals surface area contributed by atoms with Crippen LogP contribution in [-0.4, -0.2) is 16.5 Å². The van der Waals surface area contributed by atoms with Crippen LogP contribution in [0.1, 0.15) is 16.3 Å². The van der Waals surface area contributed by atoms with Crippen molar-refractivity contribution in [2.45, 2.75) is 19.5 Å². The lowest BCUT2D eigenvalue weighted by atomic mass is 10.2. The highest BCUT2D eigenvalue weighted by Crippen LogP contribution is 2.35. The van der Waals surface area contributed by atoms with Gasteiger partial charge in [0.2, 0.25) is 0 Å². The minimum Gasteiger partial charge on any atom is -0.369 e. The lowest BCUT2D eigenvalue weighted by Crippen LogP contribution is -2.14. The topological polar surface area (TPSA) is 37.8 Å². The molecule has 3 nitrogen and oxygen atoms in total. The number of nitrogens with one attached hydrogen (secondary N) is 1. The number of anilines is 1. The van der Waals surface area contributed by atoms with Crippen molar-refractivity contribution in [2.75, 3.05) is 11.9 Å². The number of pyridine rings is 1. The van der Waals surface area contributed by atoms with Gasteiger partial charge in [-0.25, -0.2) is 9.97 Å². The van der Waals surface area contributed by atoms with E-state index in [1.807, 2.05) is 12.3 Å². The van der Waals surface area contributed by atoms with Crippen LogP contribution in [0, 0.1) is 6.92 Å². The van der Waals surface area contributed by atoms with Gasteiger partial charge in [-0.15, -0.1) is 11.3 Å². The fourth-order valence-electron chi connectivity index (χ4n) is 1.63. The van der Waals surface area contributed by atoms with Crippen LogP contribution in [0.5, 0.6) is 0 Å². The molecule has 0 unspecified atom stereocenters. The summed E-state index contributed by atoms with van der Waals surface area (Å²) < 4.78 is 38.9. The maximum Gasteiger partial charge on any atom is 0.419 e. The Kier molecular flexibility index (Phi) is 4.64. The quantitative estimate of drug-likeness (QED) is 0.878. The zero-order chi connectivity index (χ0) is 14.8. The molecule has 20 heavy (non-hydrogen) atoms. The number of halogens is 4. The molecule has 0 amide bonds. The van der Waals surface area contributed by atoms with Crippen molar-refractivity contribution in [1.29, 1.82) is 0 Å². The van der Waals surface area contributed by atoms with Crippen molar-refractivity contribution in [3.63, 3.8) is 0 Å². The summed E-state index contributed by atoms with van der Waals surface area (Å²) in [7, 11) is 0. The van der Waals surface area contributed by atoms with Crippen LogP contribution in [-0.2, 0) is 12.6 Å². The minimum absolute atomic E-state index is 0.160. The molecule has 0 aromatic carbocycles. The molecule has 0 spiro atoms. The Bertz CT molecular complexity index is 598. The largest absolute Gasteiger partial charge is 0.419 e. The van der Waals surface area contributed by atoms with Crippen molar-refractivity contribution >= 4 is 33.1 Å². The van der Waals surface area contributed by atoms with Crippen LogP contribution in [0.2, 0.25) is 0 Å². The first-order valence-electron chi connectivity index (χ1n) is 5.74. The average Bonchev–Trinajstić information content (AvgIpc) is 2.76. The summed E-state index contributed by atoms with van der Waals surface area (Å²) in [5.41, 5.74) is 0.0898. The zero-order valence-corrected chi connectivity index (χ0v) is 12.9. The average molecular weight is 366 g/mol. The van der Waals surface area contributed by atoms with Gasteiger partial charge in [0.1, 0.15) is 5.82 Å². The second-order valence-corrected chi connectivity index (χ2v) is 6.06. The standard InChI is InChI=1S/C12H11BrF3N3S/c1-7-19-9(6-20-7)2-3-17-11-10(12(14,15)16)4-8(13)5-18-11/h4-6H,2-3H2,1H3,(H,17,18). The van der Waals surface area contributed by atoms with Crippen LogP contribution in [0.25, 0.3) is 0 Å². The predicted molar refractivity (Wildman–Crippen MR) is 76.0 cm³/mol. The van der Waals surface area contributed by atoms with Crippen LogP contribution >= 0.6 is 27.3 Å². The Morgan fingerprint density at radius 3 is 2.75 bits per heavy atom. The maximum absolute atomic E-state index is 12.9. The Morgan fingerprint density at radius 1 is 1.40 bits per heavy atom. The predicted octanol–water partition coefficient (Wildman–Crippen LogP) is 4.28. The molecule has 0 aliphatic carbocycles. The molecule has 0 fully saturated rings. The number of hydrogen-bond acceptors (Lipinski definition) is 4. The molecule has 0 atom stereocenters. The highest BCUT2D eigenvalue weighted by molar-refractivity contribution is 9.10. The number of alkyl halides is 3. The number of rotatable bonds is 4. The van der Waals surface area contributed by atoms with E-state index in [9.17, 15) is 13.2 Å². The molecule has 8 heteroatoms. The Labute approximate surface area is 126 Å². The summed E-state index contributed by atoms with van der Waals surface area (Å²) in [6.07, 6.45) is -2.54. The van der Waals surface area contributed by atoms with Crippen molar-refractivity contribution < 1.29 is 13.2 Å². The highest BCUT2D eigenvalue weighted by Gasteiger charge is 2.34. The van der Waals surface area contributed by atoms with Crippen molar-refractivity contribution in [3.8, 4) is 0 Å². The van der Waals surface area contributed by atoms with E-state index >= 15 is 0 Å². The van der Waals surface area contributed by atoms with Gasteiger partial charge in [-0.2, -0.15) is 13.2 Å². The molecule has 0 saturated carbocycles. The Hall–Kier alpha value is -1.15. The van der Waals surface area contributed by atoms with Crippen LogP contribution in [0.15, 0.2) is 22.1 Å². The molecule has 108 valence electrons. The first kappa shape index (κ1) is 15.2. The van der Waals surface area contributed by atoms with Gasteiger partial charge in [-0.1, -0.05) is 0 Å². The third kappa shape index (κ3) is 3.92. The number of hydrogen-bond donors (Lipinski definition) is 1. The molecular formula is C12H11BrF3N3S. The summed E-state index contributed by atoms with van der Waals surface area (Å²) >= 11 is 4.52. The van der Waals surface area contributed by atoms with Gasteiger partial charge in [-0.05, 0) is 28.9 Å². The molecule has 0 radical (unpaired) electrons. The summed E-state index contributed by atoms with van der Waals surface area (Å²) in [6, 6.07) is 1.02. The fourth-order valence-corrected chi connectivity index (χ4v) is 2.61. The van der Waals surface area contributed by atoms with E-state index < -0.39 is 11.7 Å². The van der Waals surface area contributed by atoms with Gasteiger partial charge in [0, 0.05) is 29.0 Å². The monoisotopic (exact) mass is 365 g/mol. The first-order valence-corrected chi connectivity index (χ1v) is 7.41. The Balaban J connectivity index is 2.06. The summed E-state index contributed by atoms with van der Waals surface area (Å²) in [4.78, 5) is 8.04. The molecule has 0 bridgehead atoms. The molecule has 2 aromatic heterocycles. The van der Waals surface area contributed by atoms with Crippen molar-refractivity contribution in [1.82, 2.24) is 9.97 Å². The SMILES string of the molecule is Cc1nc(CCNc2ncc(Br)cc2C(F)(F)F)cs1. The Morgan fingerprint density at radius 2 is 2.15 bits per heavy atom. The zero-order valence-electron chi connectivity index (χ0n) is 10.5. The number of aromatic nitrogens is 2. The summed E-state index contributed by atoms with van der Waals surface area (Å²) in [5.74, 6) is -0.160. The van der Waals surface area contributed by atoms with E-state index in [4.69, 9.17) is 0 Å². The minimum atomic E-state index is -4.43. The van der Waals surface area contributed by atoms with Gasteiger partial charge in [0.15, 0.2) is 0 Å². The molecule has 2 heterocycles. The first-order chi connectivity index (χ1) is 9.36. The molecular weight excluding hydrogens is 355 g/mol. The van der Waals surface area contributed by atoms with E-state index in [0.717, 1.165) is 16.8 Å². The van der Waals surface area contributed by atoms with Crippen molar-refractivity contribution in [3.05, 3.63) is 38.4 Å². The third-order valence-corrected chi connectivity index (χ3v) is 3.76. The van der Waals surface area contributed by atoms with E-state index in [0.29, 0.717) is 17.4 Å². The molecule has 2 rings (SSSR count). The van der Waals surface area contributed by atoms with Crippen LogP contribution in [0.4, 0.5) is 19.0 Å². The summed E-state index contributed by atoms with van der Waals surface area (Å²) in [6.45, 7) is 2.24. The van der Waals surface area contributed by atoms with E-state index in [1.54, 1.807) is 0 Å². The van der Waals surface area contributed by atoms with Gasteiger partial charge in [0.05, 0.1) is 16.3 Å². The molecule has 0 aliphatic heterocycles. The highest BCUT2D eigenvalue weighted by atomic mass is 79.9. The lowest BCUT2D eigenvalue weighted by molar-refractivity contribution is -0.137. The second-order valence-electron chi connectivity index (χ2n) is 4.08. The third-order valence-electron chi connectivity index (χ3n) is 2.50. The number of aryl methyl sites for hydroxylation is 1. The second kappa shape index (κ2) is 6.09. The van der Waals surface area contributed by atoms with E-state index in [2.05, 4.69) is 31.2 Å². The van der Waals surface area contributed by atoms with E-state index in [-0.39, 0.29) is 5.82 Å². The maximum atomic E-state index is 12.9. The van der Waals surface area contributed by atoms with Crippen LogP contribution in [0.3, 0.4) is 0 Å². The fraction of sp³-hybridized carbons (Fsp3) is 0.333. The normalized spacial score (nSPS) is 11.7. The number of thiazole rings is 1. The van der Waals surface area contributed by atoms with Gasteiger partial charge < -0.3 is 5.32 Å². The van der Waals surface area contributed by atoms with Gasteiger partial charge >= 0.3 is 6.18 Å². The number of nitrogens with zero attached hydrogens (tertiary/aromatic N) is 2. The van der Waals surface area contributed by atoms with Gasteiger partial charge in [-0.3, -0.25) is 0 Å².